The second kappa shape index (κ2) is 6.46. The summed E-state index contributed by atoms with van der Waals surface area (Å²) in [5.74, 6) is 2.79. The summed E-state index contributed by atoms with van der Waals surface area (Å²) in [6.45, 7) is 6.62. The lowest BCUT2D eigenvalue weighted by Gasteiger charge is -2.36. The van der Waals surface area contributed by atoms with Gasteiger partial charge in [0.05, 0.1) is 6.54 Å². The van der Waals surface area contributed by atoms with Crippen molar-refractivity contribution in [1.29, 1.82) is 0 Å². The zero-order valence-electron chi connectivity index (χ0n) is 15.9. The second-order valence-corrected chi connectivity index (χ2v) is 8.51. The van der Waals surface area contributed by atoms with Crippen LogP contribution in [0.1, 0.15) is 35.6 Å². The van der Waals surface area contributed by atoms with Crippen LogP contribution in [-0.4, -0.2) is 56.3 Å². The molecule has 1 aliphatic carbocycles. The van der Waals surface area contributed by atoms with Crippen LogP contribution in [-0.2, 0) is 26.4 Å². The zero-order valence-corrected chi connectivity index (χ0v) is 15.9. The van der Waals surface area contributed by atoms with Gasteiger partial charge in [-0.3, -0.25) is 14.5 Å². The Kier molecular flexibility index (Phi) is 4.09. The van der Waals surface area contributed by atoms with Crippen molar-refractivity contribution in [2.24, 2.45) is 13.0 Å². The van der Waals surface area contributed by atoms with Crippen molar-refractivity contribution in [3.05, 3.63) is 47.0 Å². The molecule has 0 N–H and O–H groups in total. The molecule has 5 heteroatoms. The summed E-state index contributed by atoms with van der Waals surface area (Å²) in [4.78, 5) is 10.1. The molecule has 26 heavy (non-hydrogen) atoms. The van der Waals surface area contributed by atoms with Crippen molar-refractivity contribution in [2.45, 2.75) is 51.2 Å². The molecule has 138 valence electrons. The normalized spacial score (nSPS) is 27.0. The van der Waals surface area contributed by atoms with Crippen molar-refractivity contribution in [3.63, 3.8) is 0 Å². The van der Waals surface area contributed by atoms with E-state index in [0.29, 0.717) is 12.1 Å². The minimum atomic E-state index is 0.662. The van der Waals surface area contributed by atoms with Gasteiger partial charge in [0, 0.05) is 38.8 Å². The van der Waals surface area contributed by atoms with Crippen molar-refractivity contribution in [1.82, 2.24) is 24.6 Å². The molecule has 1 aromatic heterocycles. The van der Waals surface area contributed by atoms with E-state index in [4.69, 9.17) is 0 Å². The first-order valence-corrected chi connectivity index (χ1v) is 10.1. The first-order valence-electron chi connectivity index (χ1n) is 10.1. The first-order chi connectivity index (χ1) is 12.7. The van der Waals surface area contributed by atoms with E-state index in [1.165, 1.54) is 45.3 Å². The maximum Gasteiger partial charge on any atom is 0.147 e. The molecule has 2 aromatic rings. The van der Waals surface area contributed by atoms with Gasteiger partial charge in [-0.05, 0) is 49.7 Å². The van der Waals surface area contributed by atoms with Crippen molar-refractivity contribution < 1.29 is 0 Å². The smallest absolute Gasteiger partial charge is 0.147 e. The lowest BCUT2D eigenvalue weighted by Crippen LogP contribution is -2.45. The van der Waals surface area contributed by atoms with Crippen LogP contribution in [0.3, 0.4) is 0 Å². The van der Waals surface area contributed by atoms with Gasteiger partial charge in [0.15, 0.2) is 0 Å². The number of fused-ring (bicyclic) bond motifs is 5. The molecule has 0 unspecified atom stereocenters. The third kappa shape index (κ3) is 2.97. The van der Waals surface area contributed by atoms with E-state index < -0.39 is 0 Å². The summed E-state index contributed by atoms with van der Waals surface area (Å²) in [6, 6.07) is 10.4. The average Bonchev–Trinajstić information content (AvgIpc) is 3.06. The molecule has 6 rings (SSSR count). The Morgan fingerprint density at radius 2 is 1.77 bits per heavy atom. The van der Waals surface area contributed by atoms with E-state index in [1.54, 1.807) is 11.1 Å². The maximum atomic E-state index is 4.64. The summed E-state index contributed by atoms with van der Waals surface area (Å²) < 4.78 is 1.96. The molecule has 4 aliphatic rings. The molecule has 0 amide bonds. The van der Waals surface area contributed by atoms with Crippen LogP contribution in [0.2, 0.25) is 0 Å². The number of piperidine rings is 1. The summed E-state index contributed by atoms with van der Waals surface area (Å²) in [5, 5.41) is 4.43. The van der Waals surface area contributed by atoms with Crippen LogP contribution in [0.4, 0.5) is 0 Å². The molecule has 1 aromatic carbocycles. The number of aryl methyl sites for hydroxylation is 2. The Bertz CT molecular complexity index is 772. The van der Waals surface area contributed by atoms with Gasteiger partial charge >= 0.3 is 0 Å². The molecule has 0 spiro atoms. The fraction of sp³-hybridized carbons (Fsp3) is 0.619. The summed E-state index contributed by atoms with van der Waals surface area (Å²) in [5.41, 5.74) is 3.14. The minimum Gasteiger partial charge on any atom is -0.298 e. The van der Waals surface area contributed by atoms with Crippen molar-refractivity contribution in [3.8, 4) is 0 Å². The Hall–Kier alpha value is -1.72. The van der Waals surface area contributed by atoms with Crippen molar-refractivity contribution in [2.75, 3.05) is 19.6 Å². The molecule has 0 radical (unpaired) electrons. The largest absolute Gasteiger partial charge is 0.298 e. The zero-order chi connectivity index (χ0) is 17.7. The summed E-state index contributed by atoms with van der Waals surface area (Å²) in [7, 11) is 2.02. The molecule has 3 saturated heterocycles. The molecular formula is C21H29N5. The highest BCUT2D eigenvalue weighted by molar-refractivity contribution is 5.33. The molecule has 3 fully saturated rings. The Morgan fingerprint density at radius 3 is 2.46 bits per heavy atom. The molecule has 0 saturated carbocycles. The van der Waals surface area contributed by atoms with Gasteiger partial charge in [-0.15, -0.1) is 0 Å². The minimum absolute atomic E-state index is 0.662. The Morgan fingerprint density at radius 1 is 1.00 bits per heavy atom. The Balaban J connectivity index is 1.31. The topological polar surface area (TPSA) is 37.2 Å². The second-order valence-electron chi connectivity index (χ2n) is 8.51. The predicted octanol–water partition coefficient (Wildman–Crippen LogP) is 2.19. The summed E-state index contributed by atoms with van der Waals surface area (Å²) >= 11 is 0. The van der Waals surface area contributed by atoms with Crippen LogP contribution in [0.15, 0.2) is 24.3 Å². The van der Waals surface area contributed by atoms with E-state index >= 15 is 0 Å². The number of benzene rings is 1. The fourth-order valence-electron chi connectivity index (χ4n) is 5.38. The van der Waals surface area contributed by atoms with Gasteiger partial charge in [0.1, 0.15) is 11.6 Å². The van der Waals surface area contributed by atoms with E-state index in [9.17, 15) is 0 Å². The van der Waals surface area contributed by atoms with E-state index in [0.717, 1.165) is 24.1 Å². The average molecular weight is 351 g/mol. The van der Waals surface area contributed by atoms with E-state index in [-0.39, 0.29) is 0 Å². The van der Waals surface area contributed by atoms with Gasteiger partial charge in [-0.1, -0.05) is 24.3 Å². The molecular weight excluding hydrogens is 322 g/mol. The standard InChI is InChI=1S/C21H29N5/c1-15-22-21(24(2)23-15)14-26-12-16-7-8-19(26)13-25(11-16)20-9-17-5-3-4-6-18(17)10-20/h3-6,16,19-20H,7-14H2,1-2H3/t16-,19+/m1/s1. The van der Waals surface area contributed by atoms with Crippen LogP contribution >= 0.6 is 0 Å². The molecule has 5 nitrogen and oxygen atoms in total. The van der Waals surface area contributed by atoms with E-state index in [2.05, 4.69) is 44.1 Å². The van der Waals surface area contributed by atoms with Gasteiger partial charge in [0.2, 0.25) is 0 Å². The highest BCUT2D eigenvalue weighted by Crippen LogP contribution is 2.33. The lowest BCUT2D eigenvalue weighted by molar-refractivity contribution is 0.116. The SMILES string of the molecule is Cc1nc(CN2C[C@@H]3CC[C@H]2CN(C2Cc4ccccc4C2)C3)n(C)n1. The molecule has 2 atom stereocenters. The molecule has 4 heterocycles. The van der Waals surface area contributed by atoms with Crippen LogP contribution in [0.5, 0.6) is 0 Å². The third-order valence-electron chi connectivity index (χ3n) is 6.70. The molecule has 2 bridgehead atoms. The number of nitrogens with zero attached hydrogens (tertiary/aromatic N) is 5. The van der Waals surface area contributed by atoms with Crippen molar-refractivity contribution >= 4 is 0 Å². The van der Waals surface area contributed by atoms with Gasteiger partial charge in [0.25, 0.3) is 0 Å². The van der Waals surface area contributed by atoms with Crippen LogP contribution in [0.25, 0.3) is 0 Å². The quantitative estimate of drug-likeness (QED) is 0.849. The van der Waals surface area contributed by atoms with Gasteiger partial charge < -0.3 is 0 Å². The first kappa shape index (κ1) is 16.5. The van der Waals surface area contributed by atoms with Crippen LogP contribution < -0.4 is 0 Å². The molecule has 3 aliphatic heterocycles. The van der Waals surface area contributed by atoms with Gasteiger partial charge in [-0.2, -0.15) is 5.10 Å². The predicted molar refractivity (Wildman–Crippen MR) is 102 cm³/mol. The monoisotopic (exact) mass is 351 g/mol. The number of hydrogen-bond acceptors (Lipinski definition) is 4. The summed E-state index contributed by atoms with van der Waals surface area (Å²) in [6.07, 6.45) is 5.18. The number of hydrogen-bond donors (Lipinski definition) is 0. The number of rotatable bonds is 3. The lowest BCUT2D eigenvalue weighted by atomic mass is 9.95. The third-order valence-corrected chi connectivity index (χ3v) is 6.70. The Labute approximate surface area is 156 Å². The van der Waals surface area contributed by atoms with E-state index in [1.807, 2.05) is 18.7 Å². The van der Waals surface area contributed by atoms with Crippen LogP contribution in [0, 0.1) is 12.8 Å². The highest BCUT2D eigenvalue weighted by Gasteiger charge is 2.38. The fourth-order valence-corrected chi connectivity index (χ4v) is 5.38. The number of aromatic nitrogens is 3. The highest BCUT2D eigenvalue weighted by atomic mass is 15.4. The van der Waals surface area contributed by atoms with Gasteiger partial charge in [-0.25, -0.2) is 4.98 Å². The maximum absolute atomic E-state index is 4.64.